The highest BCUT2D eigenvalue weighted by molar-refractivity contribution is 7.92. The Labute approximate surface area is 264 Å². The maximum atomic E-state index is 14.3. The van der Waals surface area contributed by atoms with E-state index in [1.165, 1.54) is 50.3 Å². The molecule has 0 spiro atoms. The Hall–Kier alpha value is -4.65. The molecule has 3 aromatic carbocycles. The summed E-state index contributed by atoms with van der Waals surface area (Å²) in [5, 5.41) is 14.6. The molecule has 0 bridgehead atoms. The third-order valence-corrected chi connectivity index (χ3v) is 8.75. The lowest BCUT2D eigenvalue weighted by molar-refractivity contribution is -0.385. The zero-order valence-electron chi connectivity index (χ0n) is 26.6. The Morgan fingerprint density at radius 3 is 2.18 bits per heavy atom. The van der Waals surface area contributed by atoms with Crippen molar-refractivity contribution in [2.45, 2.75) is 64.1 Å². The highest BCUT2D eigenvalue weighted by Gasteiger charge is 2.35. The van der Waals surface area contributed by atoms with Crippen LogP contribution in [0, 0.1) is 17.0 Å². The molecule has 0 aliphatic carbocycles. The first-order valence-corrected chi connectivity index (χ1v) is 15.7. The first-order valence-electron chi connectivity index (χ1n) is 14.3. The summed E-state index contributed by atoms with van der Waals surface area (Å²) < 4.78 is 39.7. The molecule has 45 heavy (non-hydrogen) atoms. The Bertz CT molecular complexity index is 1640. The molecular weight excluding hydrogens is 600 g/mol. The second-order valence-electron chi connectivity index (χ2n) is 11.5. The van der Waals surface area contributed by atoms with E-state index >= 15 is 0 Å². The second-order valence-corrected chi connectivity index (χ2v) is 13.3. The summed E-state index contributed by atoms with van der Waals surface area (Å²) in [6.07, 6.45) is 0.247. The summed E-state index contributed by atoms with van der Waals surface area (Å²) in [5.41, 5.74) is 0.111. The van der Waals surface area contributed by atoms with Crippen molar-refractivity contribution >= 4 is 33.2 Å². The molecule has 1 N–H and O–H groups in total. The van der Waals surface area contributed by atoms with E-state index in [1.807, 2.05) is 20.8 Å². The smallest absolute Gasteiger partial charge is 0.273 e. The fourth-order valence-electron chi connectivity index (χ4n) is 4.69. The molecule has 242 valence electrons. The average Bonchev–Trinajstić information content (AvgIpc) is 2.98. The molecule has 3 aromatic rings. The fourth-order valence-corrected chi connectivity index (χ4v) is 6.13. The van der Waals surface area contributed by atoms with E-state index in [0.29, 0.717) is 17.1 Å². The van der Waals surface area contributed by atoms with Gasteiger partial charge in [-0.05, 0) is 82.1 Å². The number of carbonyl (C=O) groups is 2. The van der Waals surface area contributed by atoms with Gasteiger partial charge in [0, 0.05) is 23.7 Å². The number of nitro groups is 1. The summed E-state index contributed by atoms with van der Waals surface area (Å²) >= 11 is 0. The van der Waals surface area contributed by atoms with Gasteiger partial charge < -0.3 is 19.7 Å². The molecule has 0 aromatic heterocycles. The third-order valence-electron chi connectivity index (χ3n) is 6.98. The predicted molar refractivity (Wildman–Crippen MR) is 171 cm³/mol. The first-order chi connectivity index (χ1) is 21.1. The monoisotopic (exact) mass is 640 g/mol. The van der Waals surface area contributed by atoms with E-state index in [4.69, 9.17) is 9.47 Å². The summed E-state index contributed by atoms with van der Waals surface area (Å²) in [4.78, 5) is 39.7. The lowest BCUT2D eigenvalue weighted by Crippen LogP contribution is -2.55. The number of hydrogen-bond acceptors (Lipinski definition) is 8. The number of carbonyl (C=O) groups excluding carboxylic acids is 2. The molecule has 3 rings (SSSR count). The van der Waals surface area contributed by atoms with E-state index in [-0.39, 0.29) is 34.8 Å². The molecule has 0 aliphatic heterocycles. The molecule has 1 atom stereocenters. The van der Waals surface area contributed by atoms with Crippen LogP contribution in [0.5, 0.6) is 11.5 Å². The van der Waals surface area contributed by atoms with Crippen LogP contribution in [-0.4, -0.2) is 62.4 Å². The van der Waals surface area contributed by atoms with Gasteiger partial charge in [0.15, 0.2) is 0 Å². The van der Waals surface area contributed by atoms with Gasteiger partial charge in [-0.1, -0.05) is 25.1 Å². The van der Waals surface area contributed by atoms with Gasteiger partial charge in [-0.2, -0.15) is 0 Å². The number of aryl methyl sites for hydroxylation is 1. The third kappa shape index (κ3) is 8.72. The second kappa shape index (κ2) is 14.4. The van der Waals surface area contributed by atoms with Crippen LogP contribution in [-0.2, 0) is 26.2 Å². The van der Waals surface area contributed by atoms with E-state index in [1.54, 1.807) is 43.3 Å². The van der Waals surface area contributed by atoms with Crippen molar-refractivity contribution in [2.75, 3.05) is 25.1 Å². The lowest BCUT2D eigenvalue weighted by atomic mass is 10.1. The van der Waals surface area contributed by atoms with E-state index in [0.717, 1.165) is 10.4 Å². The predicted octanol–water partition coefficient (Wildman–Crippen LogP) is 4.84. The number of nitrogens with zero attached hydrogens (tertiary/aromatic N) is 3. The minimum absolute atomic E-state index is 0.0153. The molecule has 2 amide bonds. The van der Waals surface area contributed by atoms with Crippen molar-refractivity contribution in [3.8, 4) is 11.5 Å². The van der Waals surface area contributed by atoms with Crippen molar-refractivity contribution in [3.05, 3.63) is 88.0 Å². The summed E-state index contributed by atoms with van der Waals surface area (Å²) in [7, 11) is -1.54. The topological polar surface area (TPSA) is 148 Å². The largest absolute Gasteiger partial charge is 0.497 e. The van der Waals surface area contributed by atoms with Gasteiger partial charge in [-0.3, -0.25) is 24.0 Å². The molecule has 0 saturated heterocycles. The maximum Gasteiger partial charge on any atom is 0.273 e. The van der Waals surface area contributed by atoms with Crippen molar-refractivity contribution in [3.63, 3.8) is 0 Å². The van der Waals surface area contributed by atoms with Crippen LogP contribution in [0.25, 0.3) is 0 Å². The van der Waals surface area contributed by atoms with Crippen LogP contribution in [0.4, 0.5) is 11.4 Å². The Morgan fingerprint density at radius 1 is 0.978 bits per heavy atom. The number of benzene rings is 3. The summed E-state index contributed by atoms with van der Waals surface area (Å²) in [6, 6.07) is 15.7. The van der Waals surface area contributed by atoms with Crippen LogP contribution >= 0.6 is 0 Å². The number of rotatable bonds is 13. The van der Waals surface area contributed by atoms with Gasteiger partial charge in [0.2, 0.25) is 11.8 Å². The summed E-state index contributed by atoms with van der Waals surface area (Å²) in [5.74, 6) is -0.0440. The first kappa shape index (κ1) is 34.8. The highest BCUT2D eigenvalue weighted by atomic mass is 32.2. The van der Waals surface area contributed by atoms with Crippen LogP contribution in [0.3, 0.4) is 0 Å². The maximum absolute atomic E-state index is 14.3. The number of sulfonamides is 1. The van der Waals surface area contributed by atoms with Gasteiger partial charge in [0.1, 0.15) is 24.1 Å². The van der Waals surface area contributed by atoms with E-state index < -0.39 is 44.9 Å². The number of amides is 2. The molecule has 0 saturated carbocycles. The molecule has 0 aliphatic rings. The highest BCUT2D eigenvalue weighted by Crippen LogP contribution is 2.30. The van der Waals surface area contributed by atoms with Crippen LogP contribution in [0.2, 0.25) is 0 Å². The Kier molecular flexibility index (Phi) is 11.2. The fraction of sp³-hybridized carbons (Fsp3) is 0.375. The molecular formula is C32H40N4O8S. The summed E-state index contributed by atoms with van der Waals surface area (Å²) in [6.45, 7) is 8.03. The Morgan fingerprint density at radius 2 is 1.62 bits per heavy atom. The van der Waals surface area contributed by atoms with Gasteiger partial charge in [0.25, 0.3) is 15.7 Å². The quantitative estimate of drug-likeness (QED) is 0.206. The molecule has 13 heteroatoms. The van der Waals surface area contributed by atoms with Crippen molar-refractivity contribution in [1.29, 1.82) is 0 Å². The zero-order valence-corrected chi connectivity index (χ0v) is 27.4. The number of ether oxygens (including phenoxy) is 2. The molecule has 0 radical (unpaired) electrons. The van der Waals surface area contributed by atoms with Crippen LogP contribution < -0.4 is 19.1 Å². The normalized spacial score (nSPS) is 12.2. The van der Waals surface area contributed by atoms with E-state index in [2.05, 4.69) is 5.32 Å². The average molecular weight is 641 g/mol. The van der Waals surface area contributed by atoms with Crippen LogP contribution in [0.15, 0.2) is 71.6 Å². The SMILES string of the molecule is CC[C@@H](C(=O)NC(C)(C)C)N(Cc1cccc(OC)c1)C(=O)CN(c1ccc(OC)cc1)S(=O)(=O)c1ccc(C)c([N+](=O)[O-])c1. The molecule has 0 heterocycles. The van der Waals surface area contributed by atoms with Gasteiger partial charge >= 0.3 is 0 Å². The van der Waals surface area contributed by atoms with Crippen molar-refractivity contribution in [1.82, 2.24) is 10.2 Å². The Balaban J connectivity index is 2.14. The number of nitrogens with one attached hydrogen (secondary N) is 1. The number of nitro benzene ring substituents is 1. The lowest BCUT2D eigenvalue weighted by Gasteiger charge is -2.34. The number of anilines is 1. The standard InChI is InChI=1S/C32H40N4O8S/c1-8-28(31(38)33-32(3,4)5)34(20-23-10-9-11-26(18-23)44-7)30(37)21-35(24-13-15-25(43-6)16-14-24)45(41,42)27-17-12-22(2)29(19-27)36(39)40/h9-19,28H,8,20-21H2,1-7H3,(H,33,38)/t28-/m0/s1. The minimum Gasteiger partial charge on any atom is -0.497 e. The number of methoxy groups -OCH3 is 2. The van der Waals surface area contributed by atoms with Gasteiger partial charge in [-0.15, -0.1) is 0 Å². The van der Waals surface area contributed by atoms with Gasteiger partial charge in [0.05, 0.1) is 29.7 Å². The van der Waals surface area contributed by atoms with Crippen LogP contribution in [0.1, 0.15) is 45.2 Å². The van der Waals surface area contributed by atoms with Crippen molar-refractivity contribution < 1.29 is 32.4 Å². The molecule has 0 unspecified atom stereocenters. The van der Waals surface area contributed by atoms with E-state index in [9.17, 15) is 28.1 Å². The molecule has 0 fully saturated rings. The number of hydrogen-bond donors (Lipinski definition) is 1. The molecule has 12 nitrogen and oxygen atoms in total. The zero-order chi connectivity index (χ0) is 33.5. The van der Waals surface area contributed by atoms with Crippen molar-refractivity contribution in [2.24, 2.45) is 0 Å². The van der Waals surface area contributed by atoms with Gasteiger partial charge in [-0.25, -0.2) is 8.42 Å². The minimum atomic E-state index is -4.52.